The summed E-state index contributed by atoms with van der Waals surface area (Å²) in [6.45, 7) is 1.36. The Kier molecular flexibility index (Phi) is 5.82. The van der Waals surface area contributed by atoms with Crippen molar-refractivity contribution < 1.29 is 22.2 Å². The third-order valence-corrected chi connectivity index (χ3v) is 5.92. The summed E-state index contributed by atoms with van der Waals surface area (Å²) < 4.78 is 30.8. The molecule has 0 aromatic heterocycles. The highest BCUT2D eigenvalue weighted by atomic mass is 32.2. The third-order valence-electron chi connectivity index (χ3n) is 3.51. The van der Waals surface area contributed by atoms with E-state index in [0.29, 0.717) is 20.5 Å². The van der Waals surface area contributed by atoms with Crippen LogP contribution in [-0.4, -0.2) is 24.6 Å². The van der Waals surface area contributed by atoms with E-state index >= 15 is 0 Å². The van der Waals surface area contributed by atoms with Gasteiger partial charge in [0.25, 0.3) is 5.91 Å². The molecule has 2 amide bonds. The van der Waals surface area contributed by atoms with E-state index < -0.39 is 10.1 Å². The predicted octanol–water partition coefficient (Wildman–Crippen LogP) is 2.90. The third kappa shape index (κ3) is 4.77. The molecule has 0 aliphatic carbocycles. The summed E-state index contributed by atoms with van der Waals surface area (Å²) in [4.78, 5) is 23.2. The lowest BCUT2D eigenvalue weighted by Crippen LogP contribution is -2.17. The van der Waals surface area contributed by atoms with Gasteiger partial charge in [-0.3, -0.25) is 9.59 Å². The van der Waals surface area contributed by atoms with Crippen LogP contribution in [0, 0.1) is 0 Å². The molecule has 1 aliphatic heterocycles. The maximum atomic E-state index is 12.6. The molecule has 0 unspecified atom stereocenters. The van der Waals surface area contributed by atoms with Gasteiger partial charge in [-0.2, -0.15) is 8.42 Å². The van der Waals surface area contributed by atoms with Crippen LogP contribution in [0.4, 0.5) is 5.69 Å². The minimum absolute atomic E-state index is 0.0711. The minimum atomic E-state index is -4.11. The topological polar surface area (TPSA) is 102 Å². The number of amides is 2. The first-order chi connectivity index (χ1) is 13.2. The number of hydrogen-bond donors (Lipinski definition) is 2. The van der Waals surface area contributed by atoms with Crippen LogP contribution in [0.5, 0.6) is 5.75 Å². The fourth-order valence-electron chi connectivity index (χ4n) is 2.31. The van der Waals surface area contributed by atoms with Crippen molar-refractivity contribution in [1.29, 1.82) is 0 Å². The summed E-state index contributed by atoms with van der Waals surface area (Å²) in [5.74, 6) is -0.532. The summed E-state index contributed by atoms with van der Waals surface area (Å²) in [7, 11) is -4.11. The second-order valence-electron chi connectivity index (χ2n) is 5.63. The number of carbonyl (C=O) groups is 2. The van der Waals surface area contributed by atoms with Crippen LogP contribution in [-0.2, 0) is 19.7 Å². The van der Waals surface area contributed by atoms with Crippen molar-refractivity contribution in [2.75, 3.05) is 5.32 Å². The van der Waals surface area contributed by atoms with E-state index in [1.807, 2.05) is 0 Å². The highest BCUT2D eigenvalue weighted by Crippen LogP contribution is 2.30. The van der Waals surface area contributed by atoms with Gasteiger partial charge in [0, 0.05) is 18.2 Å². The summed E-state index contributed by atoms with van der Waals surface area (Å²) in [5.41, 5.74) is 0.889. The van der Waals surface area contributed by atoms with Crippen LogP contribution < -0.4 is 14.8 Å². The van der Waals surface area contributed by atoms with E-state index in [9.17, 15) is 18.0 Å². The molecule has 2 aromatic rings. The molecule has 28 heavy (non-hydrogen) atoms. The van der Waals surface area contributed by atoms with Gasteiger partial charge in [0.1, 0.15) is 15.0 Å². The first-order valence-electron chi connectivity index (χ1n) is 7.90. The second kappa shape index (κ2) is 8.13. The maximum absolute atomic E-state index is 12.6. The van der Waals surface area contributed by atoms with Gasteiger partial charge < -0.3 is 14.8 Å². The Morgan fingerprint density at radius 1 is 1.18 bits per heavy atom. The van der Waals surface area contributed by atoms with Gasteiger partial charge >= 0.3 is 10.1 Å². The van der Waals surface area contributed by atoms with Gasteiger partial charge in [-0.15, -0.1) is 0 Å². The zero-order chi connectivity index (χ0) is 20.3. The molecular formula is C18H14N2O5S3. The number of anilines is 1. The molecule has 1 saturated heterocycles. The quantitative estimate of drug-likeness (QED) is 0.424. The van der Waals surface area contributed by atoms with Crippen LogP contribution >= 0.6 is 24.0 Å². The molecule has 10 heteroatoms. The largest absolute Gasteiger partial charge is 0.378 e. The Morgan fingerprint density at radius 3 is 2.46 bits per heavy atom. The van der Waals surface area contributed by atoms with Crippen molar-refractivity contribution >= 4 is 62.0 Å². The van der Waals surface area contributed by atoms with Gasteiger partial charge in [0.15, 0.2) is 0 Å². The van der Waals surface area contributed by atoms with Crippen LogP contribution in [0.15, 0.2) is 58.3 Å². The maximum Gasteiger partial charge on any atom is 0.339 e. The normalized spacial score (nSPS) is 15.4. The molecule has 0 bridgehead atoms. The van der Waals surface area contributed by atoms with E-state index in [1.165, 1.54) is 43.3 Å². The Bertz CT molecular complexity index is 1090. The number of hydrogen-bond acceptors (Lipinski definition) is 7. The molecule has 1 fully saturated rings. The lowest BCUT2D eigenvalue weighted by atomic mass is 10.2. The van der Waals surface area contributed by atoms with E-state index in [2.05, 4.69) is 10.6 Å². The number of thiocarbonyl (C=S) groups is 1. The zero-order valence-electron chi connectivity index (χ0n) is 14.5. The average molecular weight is 435 g/mol. The van der Waals surface area contributed by atoms with Crippen LogP contribution in [0.2, 0.25) is 0 Å². The number of thioether (sulfide) groups is 1. The van der Waals surface area contributed by atoms with Crippen molar-refractivity contribution in [2.45, 2.75) is 11.8 Å². The smallest absolute Gasteiger partial charge is 0.339 e. The van der Waals surface area contributed by atoms with Crippen LogP contribution in [0.25, 0.3) is 6.08 Å². The lowest BCUT2D eigenvalue weighted by Gasteiger charge is -2.10. The fraction of sp³-hybridized carbons (Fsp3) is 0.0556. The summed E-state index contributed by atoms with van der Waals surface area (Å²) >= 11 is 6.04. The van der Waals surface area contributed by atoms with Gasteiger partial charge in [0.05, 0.1) is 4.91 Å². The van der Waals surface area contributed by atoms with Crippen molar-refractivity contribution in [3.63, 3.8) is 0 Å². The van der Waals surface area contributed by atoms with Crippen molar-refractivity contribution in [3.05, 3.63) is 59.0 Å². The van der Waals surface area contributed by atoms with Gasteiger partial charge in [-0.05, 0) is 36.4 Å². The minimum Gasteiger partial charge on any atom is -0.378 e. The summed E-state index contributed by atoms with van der Waals surface area (Å²) in [5, 5.41) is 5.05. The highest BCUT2D eigenvalue weighted by Gasteiger charge is 2.23. The monoisotopic (exact) mass is 434 g/mol. The number of nitrogens with one attached hydrogen (secondary N) is 2. The SMILES string of the molecule is CC(=O)Nc1ccc(S(=O)(=O)Oc2ccccc2/C=C2\SC(=S)NC2=O)cc1. The molecule has 1 heterocycles. The number of para-hydroxylation sites is 1. The molecule has 3 rings (SSSR count). The Labute approximate surface area is 171 Å². The number of benzene rings is 2. The average Bonchev–Trinajstić information content (AvgIpc) is 2.93. The van der Waals surface area contributed by atoms with E-state index in [-0.39, 0.29) is 22.5 Å². The van der Waals surface area contributed by atoms with E-state index in [0.717, 1.165) is 11.8 Å². The number of rotatable bonds is 5. The Hall–Kier alpha value is -2.69. The molecule has 0 radical (unpaired) electrons. The number of carbonyl (C=O) groups excluding carboxylic acids is 2. The zero-order valence-corrected chi connectivity index (χ0v) is 16.9. The standard InChI is InChI=1S/C18H14N2O5S3/c1-11(21)19-13-6-8-14(9-7-13)28(23,24)25-15-5-3-2-4-12(15)10-16-17(22)20-18(26)27-16/h2-10H,1H3,(H,19,21)(H,20,22,26)/b16-10-. The van der Waals surface area contributed by atoms with Crippen molar-refractivity contribution in [3.8, 4) is 5.75 Å². The first kappa shape index (κ1) is 20.1. The molecule has 0 spiro atoms. The van der Waals surface area contributed by atoms with Gasteiger partial charge in [-0.25, -0.2) is 0 Å². The Balaban J connectivity index is 1.87. The van der Waals surface area contributed by atoms with Gasteiger partial charge in [0.2, 0.25) is 5.91 Å². The molecular weight excluding hydrogens is 420 g/mol. The molecule has 1 aliphatic rings. The summed E-state index contributed by atoms with van der Waals surface area (Å²) in [6, 6.07) is 12.0. The van der Waals surface area contributed by atoms with Crippen LogP contribution in [0.1, 0.15) is 12.5 Å². The lowest BCUT2D eigenvalue weighted by molar-refractivity contribution is -0.115. The fourth-order valence-corrected chi connectivity index (χ4v) is 4.30. The Morgan fingerprint density at radius 2 is 1.86 bits per heavy atom. The van der Waals surface area contributed by atoms with E-state index in [1.54, 1.807) is 18.2 Å². The summed E-state index contributed by atoms with van der Waals surface area (Å²) in [6.07, 6.45) is 1.52. The second-order valence-corrected chi connectivity index (χ2v) is 8.90. The molecule has 144 valence electrons. The highest BCUT2D eigenvalue weighted by molar-refractivity contribution is 8.26. The molecule has 0 saturated carbocycles. The van der Waals surface area contributed by atoms with E-state index in [4.69, 9.17) is 16.4 Å². The van der Waals surface area contributed by atoms with Crippen molar-refractivity contribution in [2.24, 2.45) is 0 Å². The predicted molar refractivity (Wildman–Crippen MR) is 111 cm³/mol. The molecule has 0 atom stereocenters. The molecule has 7 nitrogen and oxygen atoms in total. The van der Waals surface area contributed by atoms with Crippen LogP contribution in [0.3, 0.4) is 0 Å². The molecule has 2 aromatic carbocycles. The molecule has 2 N–H and O–H groups in total. The van der Waals surface area contributed by atoms with Crippen molar-refractivity contribution in [1.82, 2.24) is 5.32 Å². The first-order valence-corrected chi connectivity index (χ1v) is 10.5. The van der Waals surface area contributed by atoms with Gasteiger partial charge in [-0.1, -0.05) is 42.2 Å².